The summed E-state index contributed by atoms with van der Waals surface area (Å²) in [7, 11) is 3.00. The number of hydrogen-bond acceptors (Lipinski definition) is 8. The van der Waals surface area contributed by atoms with Crippen molar-refractivity contribution in [2.24, 2.45) is 0 Å². The first-order valence-corrected chi connectivity index (χ1v) is 11.4. The highest BCUT2D eigenvalue weighted by atomic mass is 16.5. The lowest BCUT2D eigenvalue weighted by atomic mass is 10.0. The number of amides is 1. The van der Waals surface area contributed by atoms with Gasteiger partial charge in [0.25, 0.3) is 0 Å². The summed E-state index contributed by atoms with van der Waals surface area (Å²) in [6.07, 6.45) is 10.3. The van der Waals surface area contributed by atoms with Crippen LogP contribution in [0.3, 0.4) is 0 Å². The molecule has 10 heteroatoms. The van der Waals surface area contributed by atoms with Crippen molar-refractivity contribution in [1.29, 1.82) is 0 Å². The van der Waals surface area contributed by atoms with E-state index in [2.05, 4.69) is 31.6 Å². The van der Waals surface area contributed by atoms with E-state index in [0.717, 1.165) is 42.4 Å². The van der Waals surface area contributed by atoms with Crippen LogP contribution in [-0.2, 0) is 4.74 Å². The fourth-order valence-corrected chi connectivity index (χ4v) is 5.08. The number of methoxy groups -OCH3 is 1. The van der Waals surface area contributed by atoms with Gasteiger partial charge in [-0.2, -0.15) is 0 Å². The zero-order chi connectivity index (χ0) is 23.1. The van der Waals surface area contributed by atoms with Gasteiger partial charge in [-0.05, 0) is 32.3 Å². The number of nitrogens with zero attached hydrogens (tertiary/aromatic N) is 8. The zero-order valence-electron chi connectivity index (χ0n) is 19.4. The van der Waals surface area contributed by atoms with Gasteiger partial charge in [0, 0.05) is 24.8 Å². The molecule has 0 radical (unpaired) electrons. The van der Waals surface area contributed by atoms with Crippen LogP contribution in [0.2, 0.25) is 0 Å². The molecule has 172 valence electrons. The summed E-state index contributed by atoms with van der Waals surface area (Å²) in [5, 5.41) is 8.89. The van der Waals surface area contributed by atoms with Gasteiger partial charge in [0.2, 0.25) is 0 Å². The normalized spacial score (nSPS) is 17.6. The van der Waals surface area contributed by atoms with Crippen LogP contribution in [0.25, 0.3) is 17.1 Å². The Morgan fingerprint density at radius 2 is 2.03 bits per heavy atom. The van der Waals surface area contributed by atoms with E-state index in [4.69, 9.17) is 14.7 Å². The summed E-state index contributed by atoms with van der Waals surface area (Å²) < 4.78 is 6.97. The van der Waals surface area contributed by atoms with Gasteiger partial charge in [-0.15, -0.1) is 10.2 Å². The molecule has 0 N–H and O–H groups in total. The molecule has 1 atom stereocenters. The van der Waals surface area contributed by atoms with E-state index in [1.807, 2.05) is 19.2 Å². The molecule has 4 heterocycles. The zero-order valence-corrected chi connectivity index (χ0v) is 19.4. The molecule has 0 unspecified atom stereocenters. The van der Waals surface area contributed by atoms with E-state index in [0.29, 0.717) is 23.1 Å². The van der Waals surface area contributed by atoms with Crippen molar-refractivity contribution in [3.05, 3.63) is 36.3 Å². The van der Waals surface area contributed by atoms with E-state index in [9.17, 15) is 4.79 Å². The third kappa shape index (κ3) is 3.40. The van der Waals surface area contributed by atoms with E-state index in [1.165, 1.54) is 24.9 Å². The third-order valence-corrected chi connectivity index (χ3v) is 6.67. The van der Waals surface area contributed by atoms with Gasteiger partial charge in [0.1, 0.15) is 11.5 Å². The van der Waals surface area contributed by atoms with Crippen molar-refractivity contribution >= 4 is 17.6 Å². The quantitative estimate of drug-likeness (QED) is 0.593. The Hall–Kier alpha value is -3.56. The van der Waals surface area contributed by atoms with Crippen molar-refractivity contribution in [2.45, 2.75) is 58.0 Å². The highest BCUT2D eigenvalue weighted by Gasteiger charge is 2.39. The number of ether oxygens (including phenoxy) is 1. The first kappa shape index (κ1) is 21.3. The van der Waals surface area contributed by atoms with Crippen molar-refractivity contribution in [2.75, 3.05) is 24.0 Å². The monoisotopic (exact) mass is 448 g/mol. The van der Waals surface area contributed by atoms with E-state index < -0.39 is 6.09 Å². The van der Waals surface area contributed by atoms with Crippen molar-refractivity contribution in [3.63, 3.8) is 0 Å². The Kier molecular flexibility index (Phi) is 5.43. The Morgan fingerprint density at radius 3 is 2.76 bits per heavy atom. The Bertz CT molecular complexity index is 1190. The molecule has 1 aliphatic heterocycles. The van der Waals surface area contributed by atoms with Gasteiger partial charge < -0.3 is 9.64 Å². The van der Waals surface area contributed by atoms with Gasteiger partial charge in [-0.1, -0.05) is 19.8 Å². The summed E-state index contributed by atoms with van der Waals surface area (Å²) in [6, 6.07) is 2.32. The van der Waals surface area contributed by atoms with Gasteiger partial charge in [0.15, 0.2) is 17.5 Å². The number of fused-ring (bicyclic) bond motifs is 3. The molecule has 2 aliphatic rings. The van der Waals surface area contributed by atoms with Crippen molar-refractivity contribution in [3.8, 4) is 17.1 Å². The molecule has 33 heavy (non-hydrogen) atoms. The lowest BCUT2D eigenvalue weighted by Gasteiger charge is -2.41. The maximum Gasteiger partial charge on any atom is 0.413 e. The lowest BCUT2D eigenvalue weighted by Crippen LogP contribution is -2.42. The number of rotatable bonds is 4. The van der Waals surface area contributed by atoms with Gasteiger partial charge >= 0.3 is 6.09 Å². The van der Waals surface area contributed by atoms with Crippen LogP contribution < -0.4 is 9.80 Å². The maximum atomic E-state index is 12.2. The Balaban J connectivity index is 1.68. The summed E-state index contributed by atoms with van der Waals surface area (Å²) in [5.74, 6) is 3.19. The first-order valence-electron chi connectivity index (χ1n) is 11.4. The fraction of sp³-hybridized carbons (Fsp3) is 0.478. The Labute approximate surface area is 192 Å². The van der Waals surface area contributed by atoms with Gasteiger partial charge in [-0.3, -0.25) is 14.5 Å². The third-order valence-electron chi connectivity index (χ3n) is 6.67. The number of anilines is 2. The molecule has 0 saturated heterocycles. The van der Waals surface area contributed by atoms with Crippen LogP contribution in [0.1, 0.15) is 56.7 Å². The average molecular weight is 449 g/mol. The maximum absolute atomic E-state index is 12.2. The molecular formula is C23H28N8O2. The molecule has 1 aliphatic carbocycles. The van der Waals surface area contributed by atoms with E-state index in [1.54, 1.807) is 19.4 Å². The molecule has 1 saturated carbocycles. The van der Waals surface area contributed by atoms with Gasteiger partial charge in [-0.25, -0.2) is 14.8 Å². The highest BCUT2D eigenvalue weighted by Crippen LogP contribution is 2.44. The van der Waals surface area contributed by atoms with E-state index >= 15 is 0 Å². The molecule has 3 aromatic heterocycles. The summed E-state index contributed by atoms with van der Waals surface area (Å²) in [5.41, 5.74) is 2.19. The smallest absolute Gasteiger partial charge is 0.413 e. The number of hydrogen-bond donors (Lipinski definition) is 0. The van der Waals surface area contributed by atoms with Crippen LogP contribution in [0, 0.1) is 6.92 Å². The fourth-order valence-electron chi connectivity index (χ4n) is 5.08. The van der Waals surface area contributed by atoms with Crippen LogP contribution in [0.4, 0.5) is 16.3 Å². The molecule has 0 bridgehead atoms. The number of aromatic nitrogens is 6. The molecular weight excluding hydrogens is 420 g/mol. The average Bonchev–Trinajstić information content (AvgIpc) is 3.52. The van der Waals surface area contributed by atoms with Crippen molar-refractivity contribution < 1.29 is 9.53 Å². The van der Waals surface area contributed by atoms with Gasteiger partial charge in [0.05, 0.1) is 31.2 Å². The number of pyridine rings is 1. The topological polar surface area (TPSA) is 102 Å². The largest absolute Gasteiger partial charge is 0.452 e. The minimum atomic E-state index is -0.481. The molecule has 10 nitrogen and oxygen atoms in total. The lowest BCUT2D eigenvalue weighted by molar-refractivity contribution is 0.180. The second kappa shape index (κ2) is 8.42. The molecule has 1 amide bonds. The highest BCUT2D eigenvalue weighted by molar-refractivity contribution is 5.92. The summed E-state index contributed by atoms with van der Waals surface area (Å²) in [6.45, 7) is 4.14. The van der Waals surface area contributed by atoms with Crippen molar-refractivity contribution in [1.82, 2.24) is 29.7 Å². The molecule has 1 fully saturated rings. The number of carbonyl (C=O) groups is 1. The summed E-state index contributed by atoms with van der Waals surface area (Å²) in [4.78, 5) is 30.0. The van der Waals surface area contributed by atoms with E-state index in [-0.39, 0.29) is 6.04 Å². The first-order chi connectivity index (χ1) is 16.0. The number of aryl methyl sites for hydroxylation is 1. The second-order valence-electron chi connectivity index (χ2n) is 8.53. The molecule has 0 spiro atoms. The minimum Gasteiger partial charge on any atom is -0.452 e. The van der Waals surface area contributed by atoms with Crippen LogP contribution in [-0.4, -0.2) is 56.0 Å². The number of carbonyl (C=O) groups excluding carboxylic acids is 1. The van der Waals surface area contributed by atoms with Crippen LogP contribution >= 0.6 is 0 Å². The standard InChI is InChI=1S/C23H28N8O2/c1-5-17-22-28-27-14(2)30(22)19-13-25-20(26-21(19)31(17)15-8-6-7-9-15)16-10-11-24-12-18(16)29(3)23(32)33-4/h10-13,15,17H,5-9H2,1-4H3/t17-/m1/s1. The summed E-state index contributed by atoms with van der Waals surface area (Å²) >= 11 is 0. The Morgan fingerprint density at radius 1 is 1.24 bits per heavy atom. The molecule has 0 aromatic carbocycles. The van der Waals surface area contributed by atoms with Crippen LogP contribution in [0.15, 0.2) is 24.7 Å². The predicted octanol–water partition coefficient (Wildman–Crippen LogP) is 3.84. The molecule has 3 aromatic rings. The SMILES string of the molecule is CC[C@@H]1c2nnc(C)n2-c2cnc(-c3ccncc3N(C)C(=O)OC)nc2N1C1CCCC1. The minimum absolute atomic E-state index is 0.0965. The predicted molar refractivity (Wildman–Crippen MR) is 123 cm³/mol. The molecule has 5 rings (SSSR count). The second-order valence-corrected chi connectivity index (χ2v) is 8.53. The van der Waals surface area contributed by atoms with Crippen LogP contribution in [0.5, 0.6) is 0 Å².